The van der Waals surface area contributed by atoms with Crippen LogP contribution < -0.4 is 0 Å². The summed E-state index contributed by atoms with van der Waals surface area (Å²) in [7, 11) is 1.30. The Morgan fingerprint density at radius 2 is 2.47 bits per heavy atom. The molecule has 0 amide bonds. The van der Waals surface area contributed by atoms with Gasteiger partial charge >= 0.3 is 5.97 Å². The van der Waals surface area contributed by atoms with Crippen molar-refractivity contribution in [3.8, 4) is 0 Å². The molecule has 3 rings (SSSR count). The van der Waals surface area contributed by atoms with Gasteiger partial charge in [0.25, 0.3) is 0 Å². The molecule has 94 valence electrons. The lowest BCUT2D eigenvalue weighted by atomic mass is 9.82. The average Bonchev–Trinajstić information content (AvgIpc) is 2.95. The molecule has 1 aliphatic carbocycles. The fourth-order valence-electron chi connectivity index (χ4n) is 3.13. The average molecular weight is 242 g/mol. The van der Waals surface area contributed by atoms with Crippen molar-refractivity contribution in [3.63, 3.8) is 0 Å². The van der Waals surface area contributed by atoms with Gasteiger partial charge in [-0.3, -0.25) is 0 Å². The van der Waals surface area contributed by atoms with Crippen LogP contribution in [0.4, 0.5) is 0 Å². The number of ether oxygens (including phenoxy) is 3. The second-order valence-electron chi connectivity index (χ2n) is 4.68. The second-order valence-corrected chi connectivity index (χ2v) is 4.68. The number of carbonyl (C=O) groups excluding carboxylic acids is 1. The van der Waals surface area contributed by atoms with Crippen LogP contribution in [0.15, 0.2) is 11.8 Å². The summed E-state index contributed by atoms with van der Waals surface area (Å²) >= 11 is 0. The van der Waals surface area contributed by atoms with Crippen molar-refractivity contribution in [2.24, 2.45) is 11.8 Å². The highest BCUT2D eigenvalue weighted by molar-refractivity contribution is 5.89. The Morgan fingerprint density at radius 1 is 1.71 bits per heavy atom. The minimum absolute atomic E-state index is 0.105. The van der Waals surface area contributed by atoms with Crippen molar-refractivity contribution in [1.82, 2.24) is 0 Å². The number of aliphatic hydroxyl groups is 2. The molecule has 0 aromatic heterocycles. The van der Waals surface area contributed by atoms with E-state index in [0.29, 0.717) is 12.0 Å². The first-order valence-corrected chi connectivity index (χ1v) is 5.54. The van der Waals surface area contributed by atoms with Gasteiger partial charge in [0, 0.05) is 5.92 Å². The zero-order chi connectivity index (χ0) is 12.2. The second kappa shape index (κ2) is 3.44. The van der Waals surface area contributed by atoms with E-state index in [4.69, 9.17) is 9.47 Å². The molecule has 0 bridgehead atoms. The predicted octanol–water partition coefficient (Wildman–Crippen LogP) is -0.842. The van der Waals surface area contributed by atoms with E-state index in [1.807, 2.05) is 0 Å². The number of carbonyl (C=O) groups is 1. The zero-order valence-corrected chi connectivity index (χ0v) is 9.33. The summed E-state index contributed by atoms with van der Waals surface area (Å²) in [5.74, 6) is -1.03. The Bertz CT molecular complexity index is 387. The third kappa shape index (κ3) is 1.28. The van der Waals surface area contributed by atoms with E-state index in [2.05, 4.69) is 4.74 Å². The normalized spacial score (nSPS) is 46.4. The molecule has 0 radical (unpaired) electrons. The highest BCUT2D eigenvalue weighted by Crippen LogP contribution is 2.60. The van der Waals surface area contributed by atoms with Crippen molar-refractivity contribution >= 4 is 5.97 Å². The van der Waals surface area contributed by atoms with Crippen LogP contribution >= 0.6 is 0 Å². The predicted molar refractivity (Wildman–Crippen MR) is 53.5 cm³/mol. The smallest absolute Gasteiger partial charge is 0.337 e. The molecule has 3 aliphatic rings. The van der Waals surface area contributed by atoms with Gasteiger partial charge in [-0.05, 0) is 6.42 Å². The van der Waals surface area contributed by atoms with Crippen LogP contribution in [-0.4, -0.2) is 47.9 Å². The first-order valence-electron chi connectivity index (χ1n) is 5.54. The molecule has 2 aliphatic heterocycles. The molecule has 0 unspecified atom stereocenters. The Balaban J connectivity index is 1.92. The Kier molecular flexibility index (Phi) is 2.23. The van der Waals surface area contributed by atoms with Crippen molar-refractivity contribution in [3.05, 3.63) is 11.8 Å². The summed E-state index contributed by atoms with van der Waals surface area (Å²) in [6, 6.07) is 0. The van der Waals surface area contributed by atoms with Gasteiger partial charge in [0.1, 0.15) is 5.60 Å². The molecule has 2 fully saturated rings. The number of fused-ring (bicyclic) bond motifs is 3. The maximum absolute atomic E-state index is 11.6. The van der Waals surface area contributed by atoms with E-state index in [0.717, 1.165) is 0 Å². The van der Waals surface area contributed by atoms with Crippen molar-refractivity contribution in [2.45, 2.75) is 24.4 Å². The van der Waals surface area contributed by atoms with Crippen LogP contribution in [0.1, 0.15) is 6.42 Å². The number of aliphatic hydroxyl groups excluding tert-OH is 2. The van der Waals surface area contributed by atoms with Crippen LogP contribution in [0, 0.1) is 11.8 Å². The molecular weight excluding hydrogens is 228 g/mol. The molecule has 1 saturated heterocycles. The molecule has 6 nitrogen and oxygen atoms in total. The maximum Gasteiger partial charge on any atom is 0.337 e. The molecule has 0 aromatic carbocycles. The van der Waals surface area contributed by atoms with Gasteiger partial charge < -0.3 is 24.4 Å². The van der Waals surface area contributed by atoms with Gasteiger partial charge in [0.15, 0.2) is 0 Å². The molecule has 6 heteroatoms. The topological polar surface area (TPSA) is 88.5 Å². The van der Waals surface area contributed by atoms with Gasteiger partial charge in [-0.15, -0.1) is 0 Å². The van der Waals surface area contributed by atoms with Crippen molar-refractivity contribution < 1.29 is 29.2 Å². The summed E-state index contributed by atoms with van der Waals surface area (Å²) in [5, 5.41) is 19.2. The summed E-state index contributed by atoms with van der Waals surface area (Å²) < 4.78 is 15.2. The number of methoxy groups -OCH3 is 1. The summed E-state index contributed by atoms with van der Waals surface area (Å²) in [5.41, 5.74) is -0.330. The van der Waals surface area contributed by atoms with Crippen LogP contribution in [0.2, 0.25) is 0 Å². The molecule has 0 aromatic rings. The van der Waals surface area contributed by atoms with Crippen LogP contribution in [0.3, 0.4) is 0 Å². The Morgan fingerprint density at radius 3 is 3.12 bits per heavy atom. The molecule has 2 heterocycles. The Labute approximate surface area is 97.8 Å². The Hall–Kier alpha value is -1.11. The van der Waals surface area contributed by atoms with E-state index >= 15 is 0 Å². The SMILES string of the molecule is COC(=O)C1=CO[C@@H](O)[C@H]2[C@@H]1C[C@@H]1O[C@]21CO. The monoisotopic (exact) mass is 242 g/mol. The molecule has 0 spiro atoms. The lowest BCUT2D eigenvalue weighted by Crippen LogP contribution is -2.43. The van der Waals surface area contributed by atoms with Crippen LogP contribution in [-0.2, 0) is 19.0 Å². The van der Waals surface area contributed by atoms with E-state index < -0.39 is 23.8 Å². The summed E-state index contributed by atoms with van der Waals surface area (Å²) in [6.07, 6.45) is 0.708. The van der Waals surface area contributed by atoms with Gasteiger partial charge in [-0.25, -0.2) is 4.79 Å². The van der Waals surface area contributed by atoms with E-state index in [-0.39, 0.29) is 18.6 Å². The van der Waals surface area contributed by atoms with Crippen LogP contribution in [0.5, 0.6) is 0 Å². The fourth-order valence-corrected chi connectivity index (χ4v) is 3.13. The lowest BCUT2D eigenvalue weighted by Gasteiger charge is -2.34. The fraction of sp³-hybridized carbons (Fsp3) is 0.727. The highest BCUT2D eigenvalue weighted by Gasteiger charge is 2.72. The number of esters is 1. The van der Waals surface area contributed by atoms with E-state index in [9.17, 15) is 15.0 Å². The summed E-state index contributed by atoms with van der Waals surface area (Å²) in [4.78, 5) is 11.6. The number of epoxide rings is 1. The first-order chi connectivity index (χ1) is 8.14. The summed E-state index contributed by atoms with van der Waals surface area (Å²) in [6.45, 7) is -0.173. The molecule has 17 heavy (non-hydrogen) atoms. The quantitative estimate of drug-likeness (QED) is 0.485. The number of rotatable bonds is 2. The molecular formula is C11H14O6. The lowest BCUT2D eigenvalue weighted by molar-refractivity contribution is -0.153. The largest absolute Gasteiger partial charge is 0.472 e. The van der Waals surface area contributed by atoms with Gasteiger partial charge in [0.05, 0.1) is 37.6 Å². The number of hydrogen-bond acceptors (Lipinski definition) is 6. The standard InChI is InChI=1S/C11H14O6/c1-15-9(13)6-3-16-10(14)8-5(6)2-7-11(8,4-12)17-7/h3,5,7-8,10,12,14H,2,4H2,1H3/t5-,7+,8-,10-,11+/m1/s1. The highest BCUT2D eigenvalue weighted by atomic mass is 16.6. The van der Waals surface area contributed by atoms with Crippen molar-refractivity contribution in [1.29, 1.82) is 0 Å². The third-order valence-electron chi connectivity index (χ3n) is 4.02. The van der Waals surface area contributed by atoms with Gasteiger partial charge in [0.2, 0.25) is 6.29 Å². The van der Waals surface area contributed by atoms with E-state index in [1.165, 1.54) is 13.4 Å². The molecule has 2 N–H and O–H groups in total. The zero-order valence-electron chi connectivity index (χ0n) is 9.33. The minimum atomic E-state index is -1.05. The van der Waals surface area contributed by atoms with Gasteiger partial charge in [-0.1, -0.05) is 0 Å². The number of hydrogen-bond donors (Lipinski definition) is 2. The van der Waals surface area contributed by atoms with E-state index in [1.54, 1.807) is 0 Å². The van der Waals surface area contributed by atoms with Gasteiger partial charge in [-0.2, -0.15) is 0 Å². The third-order valence-corrected chi connectivity index (χ3v) is 4.02. The molecule has 5 atom stereocenters. The maximum atomic E-state index is 11.6. The molecule has 1 saturated carbocycles. The first kappa shape index (κ1) is 11.0. The van der Waals surface area contributed by atoms with Crippen LogP contribution in [0.25, 0.3) is 0 Å². The van der Waals surface area contributed by atoms with Crippen molar-refractivity contribution in [2.75, 3.05) is 13.7 Å². The minimum Gasteiger partial charge on any atom is -0.472 e.